The van der Waals surface area contributed by atoms with Crippen molar-refractivity contribution in [1.82, 2.24) is 25.4 Å². The lowest BCUT2D eigenvalue weighted by Gasteiger charge is -2.08. The second-order valence-corrected chi connectivity index (χ2v) is 5.52. The number of hydrogen-bond acceptors (Lipinski definition) is 4. The molecule has 0 aliphatic carbocycles. The van der Waals surface area contributed by atoms with E-state index in [0.717, 1.165) is 29.2 Å². The van der Waals surface area contributed by atoms with Crippen LogP contribution < -0.4 is 10.6 Å². The number of nitrogens with one attached hydrogen (secondary N) is 2. The number of aryl methyl sites for hydroxylation is 2. The molecule has 0 bridgehead atoms. The summed E-state index contributed by atoms with van der Waals surface area (Å²) in [6, 6.07) is 5.66. The van der Waals surface area contributed by atoms with E-state index in [1.165, 1.54) is 0 Å². The Bertz CT molecular complexity index is 652. The van der Waals surface area contributed by atoms with E-state index in [2.05, 4.69) is 20.7 Å². The van der Waals surface area contributed by atoms with Crippen molar-refractivity contribution in [1.29, 1.82) is 0 Å². The van der Waals surface area contributed by atoms with Crippen molar-refractivity contribution < 1.29 is 9.53 Å². The monoisotopic (exact) mass is 331 g/mol. The lowest BCUT2D eigenvalue weighted by Crippen LogP contribution is -2.35. The summed E-state index contributed by atoms with van der Waals surface area (Å²) in [5.41, 5.74) is 2.93. The SMILES string of the molecule is CCOCCCNC(=O)NCc1ccc(-n2nc(C)cc2C)nc1. The normalized spacial score (nSPS) is 10.6. The lowest BCUT2D eigenvalue weighted by atomic mass is 10.3. The van der Waals surface area contributed by atoms with Crippen LogP contribution in [-0.2, 0) is 11.3 Å². The van der Waals surface area contributed by atoms with Crippen LogP contribution in [0, 0.1) is 13.8 Å². The molecule has 7 heteroatoms. The van der Waals surface area contributed by atoms with Gasteiger partial charge in [0.05, 0.1) is 5.69 Å². The maximum atomic E-state index is 11.7. The van der Waals surface area contributed by atoms with Gasteiger partial charge in [0.25, 0.3) is 0 Å². The second kappa shape index (κ2) is 9.02. The minimum Gasteiger partial charge on any atom is -0.382 e. The molecule has 2 aromatic rings. The minimum absolute atomic E-state index is 0.186. The summed E-state index contributed by atoms with van der Waals surface area (Å²) in [5, 5.41) is 10.0. The van der Waals surface area contributed by atoms with Crippen LogP contribution in [0.3, 0.4) is 0 Å². The summed E-state index contributed by atoms with van der Waals surface area (Å²) in [6.07, 6.45) is 2.56. The van der Waals surface area contributed by atoms with Crippen molar-refractivity contribution in [2.24, 2.45) is 0 Å². The van der Waals surface area contributed by atoms with Crippen molar-refractivity contribution in [2.45, 2.75) is 33.7 Å². The third-order valence-electron chi connectivity index (χ3n) is 3.44. The van der Waals surface area contributed by atoms with Gasteiger partial charge in [0.1, 0.15) is 0 Å². The van der Waals surface area contributed by atoms with E-state index >= 15 is 0 Å². The summed E-state index contributed by atoms with van der Waals surface area (Å²) in [5.74, 6) is 0.768. The summed E-state index contributed by atoms with van der Waals surface area (Å²) < 4.78 is 7.02. The molecule has 2 N–H and O–H groups in total. The highest BCUT2D eigenvalue weighted by Crippen LogP contribution is 2.10. The molecule has 0 aliphatic heterocycles. The third kappa shape index (κ3) is 5.34. The van der Waals surface area contributed by atoms with Crippen molar-refractivity contribution in [3.8, 4) is 5.82 Å². The quantitative estimate of drug-likeness (QED) is 0.726. The van der Waals surface area contributed by atoms with Gasteiger partial charge in [0.2, 0.25) is 0 Å². The van der Waals surface area contributed by atoms with Gasteiger partial charge in [-0.25, -0.2) is 14.5 Å². The molecule has 0 saturated heterocycles. The fraction of sp³-hybridized carbons (Fsp3) is 0.471. The highest BCUT2D eigenvalue weighted by atomic mass is 16.5. The fourth-order valence-electron chi connectivity index (χ4n) is 2.27. The zero-order valence-electron chi connectivity index (χ0n) is 14.5. The molecule has 0 aliphatic rings. The molecule has 0 saturated carbocycles. The Morgan fingerprint density at radius 1 is 1.29 bits per heavy atom. The second-order valence-electron chi connectivity index (χ2n) is 5.52. The van der Waals surface area contributed by atoms with Crippen LogP contribution >= 0.6 is 0 Å². The summed E-state index contributed by atoms with van der Waals surface area (Å²) in [7, 11) is 0. The van der Waals surface area contributed by atoms with Crippen molar-refractivity contribution in [3.63, 3.8) is 0 Å². The molecular formula is C17H25N5O2. The lowest BCUT2D eigenvalue weighted by molar-refractivity contribution is 0.145. The number of amides is 2. The molecule has 0 unspecified atom stereocenters. The Morgan fingerprint density at radius 2 is 2.12 bits per heavy atom. The predicted molar refractivity (Wildman–Crippen MR) is 92.2 cm³/mol. The van der Waals surface area contributed by atoms with Gasteiger partial charge in [-0.3, -0.25) is 0 Å². The zero-order chi connectivity index (χ0) is 17.4. The predicted octanol–water partition coefficient (Wildman–Crippen LogP) is 2.11. The standard InChI is InChI=1S/C17H25N5O2/c1-4-24-9-5-8-18-17(23)20-12-15-6-7-16(19-11-15)22-14(3)10-13(2)21-22/h6-7,10-11H,4-5,8-9,12H2,1-3H3,(H2,18,20,23). The largest absolute Gasteiger partial charge is 0.382 e. The van der Waals surface area contributed by atoms with Crippen LogP contribution in [0.1, 0.15) is 30.3 Å². The third-order valence-corrected chi connectivity index (χ3v) is 3.44. The Labute approximate surface area is 142 Å². The molecule has 0 radical (unpaired) electrons. The van der Waals surface area contributed by atoms with Crippen LogP contribution in [0.25, 0.3) is 5.82 Å². The number of ether oxygens (including phenoxy) is 1. The highest BCUT2D eigenvalue weighted by Gasteiger charge is 2.05. The number of hydrogen-bond donors (Lipinski definition) is 2. The Balaban J connectivity index is 1.78. The molecule has 2 amide bonds. The maximum Gasteiger partial charge on any atom is 0.315 e. The molecule has 2 aromatic heterocycles. The number of carbonyl (C=O) groups excluding carboxylic acids is 1. The molecular weight excluding hydrogens is 306 g/mol. The van der Waals surface area contributed by atoms with Gasteiger partial charge in [-0.2, -0.15) is 5.10 Å². The topological polar surface area (TPSA) is 81.1 Å². The molecule has 0 fully saturated rings. The fourth-order valence-corrected chi connectivity index (χ4v) is 2.27. The van der Waals surface area contributed by atoms with E-state index in [4.69, 9.17) is 4.74 Å². The first-order valence-electron chi connectivity index (χ1n) is 8.18. The van der Waals surface area contributed by atoms with E-state index in [1.807, 2.05) is 39.0 Å². The summed E-state index contributed by atoms with van der Waals surface area (Å²) in [6.45, 7) is 8.29. The number of rotatable bonds is 8. The molecule has 2 rings (SSSR count). The van der Waals surface area contributed by atoms with Crippen molar-refractivity contribution in [3.05, 3.63) is 41.3 Å². The molecule has 2 heterocycles. The molecule has 0 atom stereocenters. The van der Waals surface area contributed by atoms with Crippen LogP contribution in [0.15, 0.2) is 24.4 Å². The van der Waals surface area contributed by atoms with Gasteiger partial charge >= 0.3 is 6.03 Å². The van der Waals surface area contributed by atoms with Gasteiger partial charge in [0, 0.05) is 38.2 Å². The zero-order valence-corrected chi connectivity index (χ0v) is 14.5. The summed E-state index contributed by atoms with van der Waals surface area (Å²) in [4.78, 5) is 16.1. The van der Waals surface area contributed by atoms with Crippen LogP contribution in [-0.4, -0.2) is 40.6 Å². The Hall–Kier alpha value is -2.41. The van der Waals surface area contributed by atoms with E-state index in [1.54, 1.807) is 10.9 Å². The molecule has 24 heavy (non-hydrogen) atoms. The molecule has 0 aromatic carbocycles. The first-order chi connectivity index (χ1) is 11.6. The number of urea groups is 1. The average Bonchev–Trinajstić information content (AvgIpc) is 2.91. The maximum absolute atomic E-state index is 11.7. The van der Waals surface area contributed by atoms with Gasteiger partial charge in [-0.15, -0.1) is 0 Å². The van der Waals surface area contributed by atoms with E-state index < -0.39 is 0 Å². The Morgan fingerprint density at radius 3 is 2.75 bits per heavy atom. The van der Waals surface area contributed by atoms with E-state index in [-0.39, 0.29) is 6.03 Å². The first kappa shape index (κ1) is 17.9. The first-order valence-corrected chi connectivity index (χ1v) is 8.18. The van der Waals surface area contributed by atoms with Crippen LogP contribution in [0.5, 0.6) is 0 Å². The van der Waals surface area contributed by atoms with Crippen molar-refractivity contribution in [2.75, 3.05) is 19.8 Å². The van der Waals surface area contributed by atoms with E-state index in [9.17, 15) is 4.79 Å². The van der Waals surface area contributed by atoms with Crippen LogP contribution in [0.2, 0.25) is 0 Å². The molecule has 0 spiro atoms. The molecule has 130 valence electrons. The average molecular weight is 331 g/mol. The van der Waals surface area contributed by atoms with Gasteiger partial charge < -0.3 is 15.4 Å². The van der Waals surface area contributed by atoms with Gasteiger partial charge in [-0.05, 0) is 44.9 Å². The number of nitrogens with zero attached hydrogens (tertiary/aromatic N) is 3. The van der Waals surface area contributed by atoms with Crippen LogP contribution in [0.4, 0.5) is 4.79 Å². The number of aromatic nitrogens is 3. The van der Waals surface area contributed by atoms with Crippen molar-refractivity contribution >= 4 is 6.03 Å². The van der Waals surface area contributed by atoms with E-state index in [0.29, 0.717) is 26.3 Å². The van der Waals surface area contributed by atoms with Gasteiger partial charge in [-0.1, -0.05) is 6.07 Å². The number of pyridine rings is 1. The summed E-state index contributed by atoms with van der Waals surface area (Å²) >= 11 is 0. The Kier molecular flexibility index (Phi) is 6.74. The number of carbonyl (C=O) groups is 1. The van der Waals surface area contributed by atoms with Gasteiger partial charge in [0.15, 0.2) is 5.82 Å². The smallest absolute Gasteiger partial charge is 0.315 e. The minimum atomic E-state index is -0.186. The highest BCUT2D eigenvalue weighted by molar-refractivity contribution is 5.73. The molecule has 7 nitrogen and oxygen atoms in total.